The number of morpholine rings is 1. The third-order valence-electron chi connectivity index (χ3n) is 4.87. The predicted molar refractivity (Wildman–Crippen MR) is 102 cm³/mol. The van der Waals surface area contributed by atoms with E-state index in [1.54, 1.807) is 6.20 Å². The fourth-order valence-electron chi connectivity index (χ4n) is 3.38. The minimum Gasteiger partial charge on any atom is -0.372 e. The number of benzene rings is 1. The summed E-state index contributed by atoms with van der Waals surface area (Å²) in [6, 6.07) is 7.95. The molecule has 0 amide bonds. The second-order valence-corrected chi connectivity index (χ2v) is 6.45. The first kappa shape index (κ1) is 17.4. The van der Waals surface area contributed by atoms with Crippen molar-refractivity contribution in [3.63, 3.8) is 0 Å². The van der Waals surface area contributed by atoms with Crippen molar-refractivity contribution in [1.82, 2.24) is 15.0 Å². The number of nitrogens with two attached hydrogens (primary N) is 1. The van der Waals surface area contributed by atoms with Gasteiger partial charge in [-0.05, 0) is 10.9 Å². The summed E-state index contributed by atoms with van der Waals surface area (Å²) in [6.45, 7) is 3.86. The molecular weight excluding hydrogens is 346 g/mol. The number of H-pyrrole nitrogens is 1. The number of hydrogen-bond acceptors (Lipinski definition) is 6. The van der Waals surface area contributed by atoms with Crippen LogP contribution < -0.4 is 11.3 Å². The third kappa shape index (κ3) is 3.24. The molecule has 0 bridgehead atoms. The summed E-state index contributed by atoms with van der Waals surface area (Å²) in [4.78, 5) is 23.2. The lowest BCUT2D eigenvalue weighted by molar-refractivity contribution is 0.117. The molecule has 3 N–H and O–H groups in total. The number of pyridine rings is 1. The summed E-state index contributed by atoms with van der Waals surface area (Å²) in [5.74, 6) is 0.650. The summed E-state index contributed by atoms with van der Waals surface area (Å²) >= 11 is 0. The zero-order valence-electron chi connectivity index (χ0n) is 15.0. The fraction of sp³-hybridized carbons (Fsp3) is 0.316. The average Bonchev–Trinajstić information content (AvgIpc) is 3.07. The number of aromatic nitrogens is 2. The van der Waals surface area contributed by atoms with Gasteiger partial charge in [0.1, 0.15) is 12.4 Å². The Morgan fingerprint density at radius 3 is 3.07 bits per heavy atom. The SMILES string of the molecule is CC(c1c(N=C2COCCN2CN)o[nH]c1=O)c1cncc2ccccc12. The van der Waals surface area contributed by atoms with Crippen molar-refractivity contribution >= 4 is 22.5 Å². The highest BCUT2D eigenvalue weighted by atomic mass is 16.5. The van der Waals surface area contributed by atoms with Crippen LogP contribution in [0.15, 0.2) is 51.0 Å². The molecule has 3 heterocycles. The summed E-state index contributed by atoms with van der Waals surface area (Å²) in [7, 11) is 0. The molecule has 27 heavy (non-hydrogen) atoms. The lowest BCUT2D eigenvalue weighted by Gasteiger charge is -2.28. The minimum absolute atomic E-state index is 0.249. The monoisotopic (exact) mass is 367 g/mol. The second kappa shape index (κ2) is 7.34. The van der Waals surface area contributed by atoms with Crippen molar-refractivity contribution in [3.8, 4) is 0 Å². The van der Waals surface area contributed by atoms with Crippen molar-refractivity contribution in [2.45, 2.75) is 12.8 Å². The topological polar surface area (TPSA) is 110 Å². The van der Waals surface area contributed by atoms with E-state index >= 15 is 0 Å². The van der Waals surface area contributed by atoms with Gasteiger partial charge in [-0.1, -0.05) is 31.2 Å². The van der Waals surface area contributed by atoms with Gasteiger partial charge < -0.3 is 19.9 Å². The van der Waals surface area contributed by atoms with E-state index in [4.69, 9.17) is 15.0 Å². The number of rotatable bonds is 4. The van der Waals surface area contributed by atoms with Crippen LogP contribution in [0.1, 0.15) is 24.0 Å². The molecule has 1 aliphatic rings. The molecule has 1 atom stereocenters. The number of hydrogen-bond donors (Lipinski definition) is 2. The van der Waals surface area contributed by atoms with Crippen molar-refractivity contribution in [3.05, 3.63) is 58.1 Å². The van der Waals surface area contributed by atoms with Gasteiger partial charge >= 0.3 is 0 Å². The highest BCUT2D eigenvalue weighted by Gasteiger charge is 2.24. The molecule has 0 aliphatic carbocycles. The molecule has 140 valence electrons. The molecule has 1 saturated heterocycles. The van der Waals surface area contributed by atoms with Crippen molar-refractivity contribution in [2.75, 3.05) is 26.4 Å². The van der Waals surface area contributed by atoms with Crippen LogP contribution in [-0.2, 0) is 4.74 Å². The summed E-state index contributed by atoms with van der Waals surface area (Å²) in [5, 5.41) is 4.47. The summed E-state index contributed by atoms with van der Waals surface area (Å²) in [6.07, 6.45) is 3.59. The molecule has 2 aromatic heterocycles. The van der Waals surface area contributed by atoms with Gasteiger partial charge in [0.25, 0.3) is 11.4 Å². The van der Waals surface area contributed by atoms with Crippen LogP contribution in [0.2, 0.25) is 0 Å². The number of aromatic amines is 1. The molecule has 8 heteroatoms. The van der Waals surface area contributed by atoms with Crippen LogP contribution in [0.3, 0.4) is 0 Å². The smallest absolute Gasteiger partial charge is 0.286 e. The Bertz CT molecular complexity index is 1030. The lowest BCUT2D eigenvalue weighted by atomic mass is 9.92. The van der Waals surface area contributed by atoms with Gasteiger partial charge in [0.05, 0.1) is 18.8 Å². The Kier molecular flexibility index (Phi) is 4.74. The number of fused-ring (bicyclic) bond motifs is 1. The molecule has 1 unspecified atom stereocenters. The van der Waals surface area contributed by atoms with Crippen LogP contribution in [-0.4, -0.2) is 47.3 Å². The molecule has 0 radical (unpaired) electrons. The molecular formula is C19H21N5O3. The van der Waals surface area contributed by atoms with E-state index in [2.05, 4.69) is 15.1 Å². The van der Waals surface area contributed by atoms with Gasteiger partial charge in [-0.2, -0.15) is 10.1 Å². The number of aliphatic imine (C=N–C) groups is 1. The van der Waals surface area contributed by atoms with E-state index < -0.39 is 0 Å². The molecule has 8 nitrogen and oxygen atoms in total. The first-order chi connectivity index (χ1) is 13.2. The maximum Gasteiger partial charge on any atom is 0.286 e. The zero-order valence-corrected chi connectivity index (χ0v) is 15.0. The van der Waals surface area contributed by atoms with E-state index in [-0.39, 0.29) is 17.4 Å². The molecule has 1 aromatic carbocycles. The van der Waals surface area contributed by atoms with E-state index in [1.165, 1.54) is 0 Å². The Morgan fingerprint density at radius 1 is 1.37 bits per heavy atom. The quantitative estimate of drug-likeness (QED) is 0.729. The van der Waals surface area contributed by atoms with Crippen LogP contribution in [0.5, 0.6) is 0 Å². The van der Waals surface area contributed by atoms with Gasteiger partial charge in [-0.25, -0.2) is 0 Å². The zero-order chi connectivity index (χ0) is 18.8. The van der Waals surface area contributed by atoms with Gasteiger partial charge in [0.15, 0.2) is 0 Å². The van der Waals surface area contributed by atoms with E-state index in [9.17, 15) is 4.79 Å². The number of amidine groups is 1. The molecule has 0 saturated carbocycles. The first-order valence-electron chi connectivity index (χ1n) is 8.83. The van der Waals surface area contributed by atoms with E-state index in [0.717, 1.165) is 16.3 Å². The van der Waals surface area contributed by atoms with Crippen LogP contribution in [0.4, 0.5) is 5.88 Å². The highest BCUT2D eigenvalue weighted by molar-refractivity contribution is 5.87. The van der Waals surface area contributed by atoms with Gasteiger partial charge in [0.2, 0.25) is 0 Å². The fourth-order valence-corrected chi connectivity index (χ4v) is 3.38. The van der Waals surface area contributed by atoms with Crippen molar-refractivity contribution in [1.29, 1.82) is 0 Å². The molecule has 0 spiro atoms. The Hall–Kier alpha value is -2.97. The van der Waals surface area contributed by atoms with E-state index in [0.29, 0.717) is 37.8 Å². The summed E-state index contributed by atoms with van der Waals surface area (Å²) < 4.78 is 10.8. The number of ether oxygens (including phenoxy) is 1. The van der Waals surface area contributed by atoms with Crippen LogP contribution >= 0.6 is 0 Å². The molecule has 4 rings (SSSR count). The van der Waals surface area contributed by atoms with Gasteiger partial charge in [-0.15, -0.1) is 0 Å². The Labute approximate surface area is 155 Å². The Morgan fingerprint density at radius 2 is 2.22 bits per heavy atom. The first-order valence-corrected chi connectivity index (χ1v) is 8.83. The van der Waals surface area contributed by atoms with Crippen LogP contribution in [0, 0.1) is 0 Å². The summed E-state index contributed by atoms with van der Waals surface area (Å²) in [5.41, 5.74) is 6.89. The predicted octanol–water partition coefficient (Wildman–Crippen LogP) is 1.95. The van der Waals surface area contributed by atoms with Crippen LogP contribution in [0.25, 0.3) is 10.8 Å². The highest BCUT2D eigenvalue weighted by Crippen LogP contribution is 2.33. The lowest BCUT2D eigenvalue weighted by Crippen LogP contribution is -2.44. The second-order valence-electron chi connectivity index (χ2n) is 6.45. The van der Waals surface area contributed by atoms with Gasteiger partial charge in [0, 0.05) is 30.2 Å². The normalized spacial score (nSPS) is 17.6. The number of nitrogens with one attached hydrogen (secondary N) is 1. The number of nitrogens with zero attached hydrogens (tertiary/aromatic N) is 3. The van der Waals surface area contributed by atoms with Crippen molar-refractivity contribution in [2.24, 2.45) is 10.7 Å². The standard InChI is InChI=1S/C19H21N5O3/c1-12(15-9-21-8-13-4-2-3-5-14(13)15)17-18(25)23-27-19(17)22-16-10-26-7-6-24(16)11-20/h2-5,8-9,12H,6-7,10-11,20H2,1H3,(H,23,25). The minimum atomic E-state index is -0.300. The van der Waals surface area contributed by atoms with Crippen molar-refractivity contribution < 1.29 is 9.26 Å². The molecule has 1 fully saturated rings. The Balaban J connectivity index is 1.78. The maximum atomic E-state index is 12.5. The third-order valence-corrected chi connectivity index (χ3v) is 4.87. The molecule has 1 aliphatic heterocycles. The average molecular weight is 367 g/mol. The molecule has 3 aromatic rings. The van der Waals surface area contributed by atoms with E-state index in [1.807, 2.05) is 42.3 Å². The maximum absolute atomic E-state index is 12.5. The largest absolute Gasteiger partial charge is 0.372 e. The van der Waals surface area contributed by atoms with Gasteiger partial charge in [-0.3, -0.25) is 9.78 Å².